The number of aromatic amines is 1. The van der Waals surface area contributed by atoms with Crippen LogP contribution in [0.4, 0.5) is 0 Å². The number of hydrogen-bond acceptors (Lipinski definition) is 4. The molecule has 0 saturated heterocycles. The molecule has 0 amide bonds. The summed E-state index contributed by atoms with van der Waals surface area (Å²) >= 11 is 11.5. The molecule has 0 saturated carbocycles. The summed E-state index contributed by atoms with van der Waals surface area (Å²) in [7, 11) is 0. The molecule has 0 atom stereocenters. The minimum atomic E-state index is 0.0769. The number of hydrogen-bond donors (Lipinski definition) is 2. The lowest BCUT2D eigenvalue weighted by atomic mass is 10.1. The van der Waals surface area contributed by atoms with Crippen LogP contribution in [0.25, 0.3) is 28.0 Å². The number of phenols is 1. The number of nitrogens with zero attached hydrogens (tertiary/aromatic N) is 3. The van der Waals surface area contributed by atoms with E-state index in [2.05, 4.69) is 15.2 Å². The normalized spacial score (nSPS) is 11.0. The van der Waals surface area contributed by atoms with Gasteiger partial charge in [0.15, 0.2) is 10.6 Å². The monoisotopic (exact) mass is 354 g/mol. The van der Waals surface area contributed by atoms with E-state index in [0.29, 0.717) is 21.2 Å². The molecule has 118 valence electrons. The van der Waals surface area contributed by atoms with Crippen molar-refractivity contribution in [3.05, 3.63) is 64.5 Å². The molecule has 24 heavy (non-hydrogen) atoms. The van der Waals surface area contributed by atoms with Crippen molar-refractivity contribution in [2.45, 2.75) is 0 Å². The Morgan fingerprint density at radius 3 is 2.88 bits per heavy atom. The van der Waals surface area contributed by atoms with Crippen LogP contribution in [0.5, 0.6) is 5.75 Å². The second-order valence-corrected chi connectivity index (χ2v) is 6.02. The van der Waals surface area contributed by atoms with Crippen molar-refractivity contribution in [3.8, 4) is 22.8 Å². The predicted molar refractivity (Wildman–Crippen MR) is 96.2 cm³/mol. The van der Waals surface area contributed by atoms with E-state index in [0.717, 1.165) is 16.6 Å². The van der Waals surface area contributed by atoms with Crippen LogP contribution >= 0.6 is 23.8 Å². The summed E-state index contributed by atoms with van der Waals surface area (Å²) in [5.74, 6) is 0.560. The Morgan fingerprint density at radius 2 is 2.00 bits per heavy atom. The highest BCUT2D eigenvalue weighted by atomic mass is 35.5. The highest BCUT2D eigenvalue weighted by molar-refractivity contribution is 7.71. The van der Waals surface area contributed by atoms with Gasteiger partial charge in [-0.15, -0.1) is 0 Å². The standard InChI is InChI=1S/C17H11ClN4OS/c18-10-6-7-15(23)12(9-10)16-20-21-17(24)22(16)14-5-1-4-13-11(14)3-2-8-19-13/h1-9,23H,(H,21,24). The van der Waals surface area contributed by atoms with Gasteiger partial charge >= 0.3 is 0 Å². The number of benzene rings is 2. The number of fused-ring (bicyclic) bond motifs is 1. The van der Waals surface area contributed by atoms with Crippen molar-refractivity contribution in [1.29, 1.82) is 0 Å². The van der Waals surface area contributed by atoms with Crippen LogP contribution in [0.2, 0.25) is 5.02 Å². The van der Waals surface area contributed by atoms with E-state index >= 15 is 0 Å². The summed E-state index contributed by atoms with van der Waals surface area (Å²) in [4.78, 5) is 4.37. The molecule has 2 heterocycles. The molecule has 0 aliphatic heterocycles. The Bertz CT molecular complexity index is 1110. The molecule has 7 heteroatoms. The van der Waals surface area contributed by atoms with E-state index < -0.39 is 0 Å². The van der Waals surface area contributed by atoms with E-state index in [1.165, 1.54) is 6.07 Å². The van der Waals surface area contributed by atoms with Gasteiger partial charge < -0.3 is 5.11 Å². The first-order chi connectivity index (χ1) is 11.6. The van der Waals surface area contributed by atoms with Crippen LogP contribution in [0.15, 0.2) is 54.7 Å². The van der Waals surface area contributed by atoms with E-state index in [9.17, 15) is 5.11 Å². The fourth-order valence-electron chi connectivity index (χ4n) is 2.67. The number of rotatable bonds is 2. The lowest BCUT2D eigenvalue weighted by Crippen LogP contribution is -1.99. The second kappa shape index (κ2) is 5.74. The Hall–Kier alpha value is -2.70. The molecule has 5 nitrogen and oxygen atoms in total. The number of pyridine rings is 1. The number of aromatic nitrogens is 4. The molecule has 4 rings (SSSR count). The lowest BCUT2D eigenvalue weighted by molar-refractivity contribution is 0.476. The average Bonchev–Trinajstić information content (AvgIpc) is 2.98. The van der Waals surface area contributed by atoms with Gasteiger partial charge in [-0.2, -0.15) is 5.10 Å². The predicted octanol–water partition coefficient (Wildman–Crippen LogP) is 4.50. The smallest absolute Gasteiger partial charge is 0.200 e. The molecule has 0 fully saturated rings. The molecule has 0 spiro atoms. The largest absolute Gasteiger partial charge is 0.507 e. The summed E-state index contributed by atoms with van der Waals surface area (Å²) in [6.07, 6.45) is 1.74. The van der Waals surface area contributed by atoms with Crippen LogP contribution in [0.3, 0.4) is 0 Å². The number of nitrogens with one attached hydrogen (secondary N) is 1. The zero-order valence-electron chi connectivity index (χ0n) is 12.3. The summed E-state index contributed by atoms with van der Waals surface area (Å²) < 4.78 is 2.19. The van der Waals surface area contributed by atoms with Crippen molar-refractivity contribution in [2.75, 3.05) is 0 Å². The fourth-order valence-corrected chi connectivity index (χ4v) is 3.07. The van der Waals surface area contributed by atoms with Gasteiger partial charge in [0.2, 0.25) is 0 Å². The molecule has 4 aromatic rings. The topological polar surface area (TPSA) is 66.7 Å². The number of phenolic OH excluding ortho intramolecular Hbond substituents is 1. The van der Waals surface area contributed by atoms with Gasteiger partial charge in [0.05, 0.1) is 16.8 Å². The van der Waals surface area contributed by atoms with Crippen LogP contribution in [-0.2, 0) is 0 Å². The van der Waals surface area contributed by atoms with Crippen molar-refractivity contribution in [1.82, 2.24) is 19.7 Å². The number of aromatic hydroxyl groups is 1. The Morgan fingerprint density at radius 1 is 1.12 bits per heavy atom. The maximum Gasteiger partial charge on any atom is 0.200 e. The minimum absolute atomic E-state index is 0.0769. The van der Waals surface area contributed by atoms with Gasteiger partial charge in [-0.25, -0.2) is 0 Å². The summed E-state index contributed by atoms with van der Waals surface area (Å²) in [5, 5.41) is 18.7. The zero-order valence-corrected chi connectivity index (χ0v) is 13.8. The number of halogens is 1. The van der Waals surface area contributed by atoms with Crippen LogP contribution < -0.4 is 0 Å². The summed E-state index contributed by atoms with van der Waals surface area (Å²) in [6.45, 7) is 0. The molecule has 2 N–H and O–H groups in total. The highest BCUT2D eigenvalue weighted by Gasteiger charge is 2.16. The van der Waals surface area contributed by atoms with Gasteiger partial charge in [-0.1, -0.05) is 17.7 Å². The molecule has 0 unspecified atom stereocenters. The number of H-pyrrole nitrogens is 1. The maximum atomic E-state index is 10.2. The molecule has 2 aromatic carbocycles. The van der Waals surface area contributed by atoms with Crippen molar-refractivity contribution in [3.63, 3.8) is 0 Å². The molecular weight excluding hydrogens is 344 g/mol. The average molecular weight is 355 g/mol. The van der Waals surface area contributed by atoms with E-state index in [-0.39, 0.29) is 5.75 Å². The van der Waals surface area contributed by atoms with Crippen LogP contribution in [-0.4, -0.2) is 24.9 Å². The fraction of sp³-hybridized carbons (Fsp3) is 0. The quantitative estimate of drug-likeness (QED) is 0.520. The SMILES string of the molecule is Oc1ccc(Cl)cc1-c1n[nH]c(=S)n1-c1cccc2ncccc12. The molecule has 0 aliphatic carbocycles. The second-order valence-electron chi connectivity index (χ2n) is 5.20. The minimum Gasteiger partial charge on any atom is -0.507 e. The third-order valence-electron chi connectivity index (χ3n) is 3.74. The summed E-state index contributed by atoms with van der Waals surface area (Å²) in [5.41, 5.74) is 2.17. The summed E-state index contributed by atoms with van der Waals surface area (Å²) in [6, 6.07) is 14.4. The van der Waals surface area contributed by atoms with E-state index in [1.54, 1.807) is 22.9 Å². The first-order valence-corrected chi connectivity index (χ1v) is 7.94. The third-order valence-corrected chi connectivity index (χ3v) is 4.24. The Labute approximate surface area is 147 Å². The van der Waals surface area contributed by atoms with Gasteiger partial charge in [-0.3, -0.25) is 14.6 Å². The first-order valence-electron chi connectivity index (χ1n) is 7.15. The van der Waals surface area contributed by atoms with E-state index in [1.807, 2.05) is 30.3 Å². The molecule has 0 radical (unpaired) electrons. The van der Waals surface area contributed by atoms with Crippen molar-refractivity contribution in [2.24, 2.45) is 0 Å². The zero-order chi connectivity index (χ0) is 16.7. The highest BCUT2D eigenvalue weighted by Crippen LogP contribution is 2.33. The molecule has 2 aromatic heterocycles. The van der Waals surface area contributed by atoms with E-state index in [4.69, 9.17) is 23.8 Å². The van der Waals surface area contributed by atoms with Gasteiger partial charge in [0.25, 0.3) is 0 Å². The lowest BCUT2D eigenvalue weighted by Gasteiger charge is -2.11. The van der Waals surface area contributed by atoms with Crippen molar-refractivity contribution < 1.29 is 5.11 Å². The van der Waals surface area contributed by atoms with Gasteiger partial charge in [0, 0.05) is 16.6 Å². The van der Waals surface area contributed by atoms with Crippen molar-refractivity contribution >= 4 is 34.7 Å². The first kappa shape index (κ1) is 14.9. The third kappa shape index (κ3) is 2.36. The molecular formula is C17H11ClN4OS. The Kier molecular flexibility index (Phi) is 3.55. The maximum absolute atomic E-state index is 10.2. The Balaban J connectivity index is 2.05. The molecule has 0 bridgehead atoms. The molecule has 0 aliphatic rings. The van der Waals surface area contributed by atoms with Crippen LogP contribution in [0, 0.1) is 4.77 Å². The van der Waals surface area contributed by atoms with Gasteiger partial charge in [0.1, 0.15) is 5.75 Å². The van der Waals surface area contributed by atoms with Crippen LogP contribution in [0.1, 0.15) is 0 Å². The van der Waals surface area contributed by atoms with Gasteiger partial charge in [-0.05, 0) is 54.7 Å².